The largest absolute Gasteiger partial charge is 0.459 e. The number of fused-ring (bicyclic) bond motifs is 1. The lowest BCUT2D eigenvalue weighted by molar-refractivity contribution is -0.147. The molecule has 12 heteroatoms. The fourth-order valence-corrected chi connectivity index (χ4v) is 6.17. The maximum atomic E-state index is 13.5. The van der Waals surface area contributed by atoms with Crippen LogP contribution in [-0.4, -0.2) is 40.9 Å². The van der Waals surface area contributed by atoms with Gasteiger partial charge in [-0.05, 0) is 37.1 Å². The summed E-state index contributed by atoms with van der Waals surface area (Å²) >= 11 is 6.45. The Morgan fingerprint density at radius 3 is 2.07 bits per heavy atom. The highest BCUT2D eigenvalue weighted by Crippen LogP contribution is 2.50. The predicted molar refractivity (Wildman–Crippen MR) is 159 cm³/mol. The van der Waals surface area contributed by atoms with E-state index in [1.165, 1.54) is 0 Å². The van der Waals surface area contributed by atoms with Crippen LogP contribution in [0.4, 0.5) is 4.79 Å². The second kappa shape index (κ2) is 15.0. The van der Waals surface area contributed by atoms with Gasteiger partial charge in [0.05, 0.1) is 23.8 Å². The molecule has 42 heavy (non-hydrogen) atoms. The van der Waals surface area contributed by atoms with Gasteiger partial charge in [-0.2, -0.15) is 0 Å². The number of esters is 1. The third-order valence-electron chi connectivity index (χ3n) is 6.17. The smallest absolute Gasteiger partial charge is 0.408 e. The normalized spacial score (nSPS) is 12.2. The highest BCUT2D eigenvalue weighted by molar-refractivity contribution is 7.52. The van der Waals surface area contributed by atoms with Crippen molar-refractivity contribution in [1.82, 2.24) is 14.9 Å². The number of carbonyl (C=O) groups is 2. The standard InChI is InChI=1S/C30H33ClN3O7P/c1-3-40-42(37,41-4-2)21-34-26-17-11-16-24(31)28(26)33-27(34)18-25(29(35)38-19-22-12-7-5-8-13-22)32-30(36)39-20-23-14-9-6-10-15-23/h5-17,25H,3-4,18-21H2,1-2H3,(H,32,36)/t25-/m1/s1. The molecule has 3 aromatic carbocycles. The van der Waals surface area contributed by atoms with E-state index in [1.54, 1.807) is 36.6 Å². The fraction of sp³-hybridized carbons (Fsp3) is 0.300. The van der Waals surface area contributed by atoms with E-state index in [-0.39, 0.29) is 39.1 Å². The first kappa shape index (κ1) is 31.3. The van der Waals surface area contributed by atoms with Crippen molar-refractivity contribution in [3.8, 4) is 0 Å². The number of aromatic nitrogens is 2. The maximum absolute atomic E-state index is 13.5. The highest BCUT2D eigenvalue weighted by Gasteiger charge is 2.31. The van der Waals surface area contributed by atoms with Crippen LogP contribution >= 0.6 is 19.2 Å². The molecule has 1 heterocycles. The topological polar surface area (TPSA) is 118 Å². The van der Waals surface area contributed by atoms with Crippen LogP contribution in [0.15, 0.2) is 78.9 Å². The van der Waals surface area contributed by atoms with Gasteiger partial charge in [-0.15, -0.1) is 0 Å². The highest BCUT2D eigenvalue weighted by atomic mass is 35.5. The summed E-state index contributed by atoms with van der Waals surface area (Å²) in [6, 6.07) is 22.3. The van der Waals surface area contributed by atoms with Crippen LogP contribution in [0.25, 0.3) is 11.0 Å². The summed E-state index contributed by atoms with van der Waals surface area (Å²) in [5.74, 6) is -0.374. The molecule has 0 radical (unpaired) electrons. The number of imidazole rings is 1. The minimum absolute atomic E-state index is 0.00302. The van der Waals surface area contributed by atoms with Crippen LogP contribution < -0.4 is 5.32 Å². The molecule has 0 bridgehead atoms. The molecule has 1 amide bonds. The molecule has 1 atom stereocenters. The number of benzene rings is 3. The van der Waals surface area contributed by atoms with Gasteiger partial charge in [0.15, 0.2) is 0 Å². The number of amides is 1. The monoisotopic (exact) mass is 613 g/mol. The summed E-state index contributed by atoms with van der Waals surface area (Å²) in [7, 11) is -3.59. The Morgan fingerprint density at radius 2 is 1.48 bits per heavy atom. The van der Waals surface area contributed by atoms with Crippen LogP contribution in [0, 0.1) is 0 Å². The molecule has 0 unspecified atom stereocenters. The van der Waals surface area contributed by atoms with Gasteiger partial charge in [0, 0.05) is 6.42 Å². The van der Waals surface area contributed by atoms with E-state index in [0.29, 0.717) is 21.9 Å². The predicted octanol–water partition coefficient (Wildman–Crippen LogP) is 6.49. The third kappa shape index (κ3) is 8.42. The fourth-order valence-electron chi connectivity index (χ4n) is 4.27. The van der Waals surface area contributed by atoms with Crippen molar-refractivity contribution in [3.05, 3.63) is 101 Å². The van der Waals surface area contributed by atoms with Gasteiger partial charge in [0.2, 0.25) is 0 Å². The molecule has 0 aliphatic heterocycles. The summed E-state index contributed by atoms with van der Waals surface area (Å²) in [5.41, 5.74) is 2.58. The molecular formula is C30H33ClN3O7P. The Kier molecular flexibility index (Phi) is 11.1. The minimum Gasteiger partial charge on any atom is -0.459 e. The first-order valence-corrected chi connectivity index (χ1v) is 15.6. The number of para-hydroxylation sites is 1. The molecule has 0 aliphatic rings. The zero-order valence-corrected chi connectivity index (χ0v) is 25.1. The molecule has 0 saturated heterocycles. The van der Waals surface area contributed by atoms with Crippen molar-refractivity contribution in [1.29, 1.82) is 0 Å². The zero-order chi connectivity index (χ0) is 30.0. The number of nitrogens with one attached hydrogen (secondary N) is 1. The average molecular weight is 614 g/mol. The zero-order valence-electron chi connectivity index (χ0n) is 23.4. The van der Waals surface area contributed by atoms with Crippen molar-refractivity contribution in [2.45, 2.75) is 45.8 Å². The lowest BCUT2D eigenvalue weighted by atomic mass is 10.2. The lowest BCUT2D eigenvalue weighted by Gasteiger charge is -2.21. The van der Waals surface area contributed by atoms with Gasteiger partial charge >= 0.3 is 19.7 Å². The molecule has 222 valence electrons. The molecule has 1 N–H and O–H groups in total. The van der Waals surface area contributed by atoms with Gasteiger partial charge in [-0.1, -0.05) is 78.3 Å². The Balaban J connectivity index is 1.63. The number of nitrogens with zero attached hydrogens (tertiary/aromatic N) is 2. The lowest BCUT2D eigenvalue weighted by Crippen LogP contribution is -2.44. The molecule has 1 aromatic heterocycles. The van der Waals surface area contributed by atoms with E-state index in [2.05, 4.69) is 10.3 Å². The molecular weight excluding hydrogens is 581 g/mol. The third-order valence-corrected chi connectivity index (χ3v) is 8.41. The van der Waals surface area contributed by atoms with Crippen molar-refractivity contribution in [2.24, 2.45) is 0 Å². The van der Waals surface area contributed by atoms with E-state index >= 15 is 0 Å². The Hall–Kier alpha value is -3.69. The average Bonchev–Trinajstić information content (AvgIpc) is 3.33. The minimum atomic E-state index is -3.59. The number of hydrogen-bond acceptors (Lipinski definition) is 8. The first-order chi connectivity index (χ1) is 20.3. The van der Waals surface area contributed by atoms with E-state index in [0.717, 1.165) is 11.1 Å². The molecule has 0 fully saturated rings. The molecule has 4 aromatic rings. The summed E-state index contributed by atoms with van der Waals surface area (Å²) in [5, 5.41) is 2.99. The summed E-state index contributed by atoms with van der Waals surface area (Å²) in [6.45, 7) is 3.80. The number of ether oxygens (including phenoxy) is 2. The summed E-state index contributed by atoms with van der Waals surface area (Å²) in [4.78, 5) is 30.8. The van der Waals surface area contributed by atoms with Gasteiger partial charge in [-0.3, -0.25) is 4.57 Å². The number of rotatable bonds is 14. The van der Waals surface area contributed by atoms with Gasteiger partial charge in [0.25, 0.3) is 0 Å². The van der Waals surface area contributed by atoms with Gasteiger partial charge in [0.1, 0.15) is 36.9 Å². The second-order valence-corrected chi connectivity index (χ2v) is 11.6. The van der Waals surface area contributed by atoms with E-state index < -0.39 is 25.7 Å². The maximum Gasteiger partial charge on any atom is 0.408 e. The molecule has 0 saturated carbocycles. The number of alkyl carbamates (subject to hydrolysis) is 1. The van der Waals surface area contributed by atoms with Crippen molar-refractivity contribution >= 4 is 42.3 Å². The van der Waals surface area contributed by atoms with E-state index in [1.807, 2.05) is 60.7 Å². The van der Waals surface area contributed by atoms with Crippen molar-refractivity contribution in [2.75, 3.05) is 13.2 Å². The van der Waals surface area contributed by atoms with Crippen molar-refractivity contribution in [3.63, 3.8) is 0 Å². The van der Waals surface area contributed by atoms with Crippen LogP contribution in [0.1, 0.15) is 30.8 Å². The van der Waals surface area contributed by atoms with Crippen LogP contribution in [0.3, 0.4) is 0 Å². The number of hydrogen-bond donors (Lipinski definition) is 1. The Bertz CT molecular complexity index is 1520. The van der Waals surface area contributed by atoms with E-state index in [4.69, 9.17) is 30.1 Å². The molecule has 0 aliphatic carbocycles. The van der Waals surface area contributed by atoms with Gasteiger partial charge in [-0.25, -0.2) is 14.6 Å². The van der Waals surface area contributed by atoms with Crippen LogP contribution in [-0.2, 0) is 53.8 Å². The Morgan fingerprint density at radius 1 is 0.881 bits per heavy atom. The summed E-state index contributed by atoms with van der Waals surface area (Å²) < 4.78 is 37.2. The van der Waals surface area contributed by atoms with Crippen molar-refractivity contribution < 1.29 is 32.7 Å². The SMILES string of the molecule is CCOP(=O)(Cn1c(C[C@@H](NC(=O)OCc2ccccc2)C(=O)OCc2ccccc2)nc2c(Cl)cccc21)OCC. The molecule has 0 spiro atoms. The second-order valence-electron chi connectivity index (χ2n) is 9.21. The quantitative estimate of drug-likeness (QED) is 0.127. The van der Waals surface area contributed by atoms with Crippen LogP contribution in [0.2, 0.25) is 5.02 Å². The molecule has 4 rings (SSSR count). The number of carbonyl (C=O) groups excluding carboxylic acids is 2. The first-order valence-electron chi connectivity index (χ1n) is 13.5. The van der Waals surface area contributed by atoms with Gasteiger partial charge < -0.3 is 28.4 Å². The van der Waals surface area contributed by atoms with Crippen LogP contribution in [0.5, 0.6) is 0 Å². The Labute approximate surface area is 249 Å². The summed E-state index contributed by atoms with van der Waals surface area (Å²) in [6.07, 6.45) is -1.10. The van der Waals surface area contributed by atoms with E-state index in [9.17, 15) is 14.2 Å². The molecule has 10 nitrogen and oxygen atoms in total. The number of halogens is 1.